The van der Waals surface area contributed by atoms with Gasteiger partial charge in [-0.25, -0.2) is 9.59 Å². The molecule has 0 unspecified atom stereocenters. The largest absolute Gasteiger partial charge is 0.478 e. The van der Waals surface area contributed by atoms with Gasteiger partial charge in [-0.2, -0.15) is 0 Å². The van der Waals surface area contributed by atoms with Crippen molar-refractivity contribution in [2.45, 2.75) is 13.8 Å². The van der Waals surface area contributed by atoms with Crippen LogP contribution in [0.4, 0.5) is 10.5 Å². The molecule has 0 saturated carbocycles. The zero-order chi connectivity index (χ0) is 14.6. The summed E-state index contributed by atoms with van der Waals surface area (Å²) in [6.07, 6.45) is 1.61. The van der Waals surface area contributed by atoms with Crippen LogP contribution in [0.3, 0.4) is 0 Å². The molecule has 2 N–H and O–H groups in total. The summed E-state index contributed by atoms with van der Waals surface area (Å²) in [6.45, 7) is 7.53. The number of carbonyl (C=O) groups excluding carboxylic acids is 1. The first-order chi connectivity index (χ1) is 8.86. The molecule has 2 amide bonds. The number of nitrogens with one attached hydrogen (secondary N) is 1. The second-order valence-electron chi connectivity index (χ2n) is 4.37. The van der Waals surface area contributed by atoms with Crippen LogP contribution in [0.25, 0.3) is 0 Å². The third-order valence-corrected chi connectivity index (χ3v) is 2.90. The van der Waals surface area contributed by atoms with E-state index in [1.54, 1.807) is 26.1 Å². The Kier molecular flexibility index (Phi) is 4.69. The Labute approximate surface area is 112 Å². The minimum absolute atomic E-state index is 0.196. The molecule has 102 valence electrons. The number of anilines is 1. The van der Waals surface area contributed by atoms with E-state index in [2.05, 4.69) is 11.9 Å². The molecule has 5 heteroatoms. The van der Waals surface area contributed by atoms with E-state index in [4.69, 9.17) is 5.11 Å². The number of rotatable bonds is 4. The summed E-state index contributed by atoms with van der Waals surface area (Å²) in [5, 5.41) is 11.8. The van der Waals surface area contributed by atoms with E-state index in [1.165, 1.54) is 11.0 Å². The maximum absolute atomic E-state index is 11.8. The molecule has 0 bridgehead atoms. The molecule has 0 radical (unpaired) electrons. The lowest BCUT2D eigenvalue weighted by molar-refractivity contribution is 0.0696. The predicted octanol–water partition coefficient (Wildman–Crippen LogP) is 2.65. The van der Waals surface area contributed by atoms with Crippen LogP contribution in [0.15, 0.2) is 24.8 Å². The van der Waals surface area contributed by atoms with Gasteiger partial charge in [-0.15, -0.1) is 6.58 Å². The van der Waals surface area contributed by atoms with Crippen molar-refractivity contribution in [1.82, 2.24) is 4.90 Å². The molecular formula is C14H18N2O3. The van der Waals surface area contributed by atoms with E-state index < -0.39 is 5.97 Å². The van der Waals surface area contributed by atoms with E-state index in [-0.39, 0.29) is 11.6 Å². The first-order valence-electron chi connectivity index (χ1n) is 5.84. The highest BCUT2D eigenvalue weighted by atomic mass is 16.4. The number of urea groups is 1. The second-order valence-corrected chi connectivity index (χ2v) is 4.37. The van der Waals surface area contributed by atoms with Gasteiger partial charge < -0.3 is 15.3 Å². The first kappa shape index (κ1) is 14.8. The minimum atomic E-state index is -1.00. The summed E-state index contributed by atoms with van der Waals surface area (Å²) < 4.78 is 0. The highest BCUT2D eigenvalue weighted by Crippen LogP contribution is 2.20. The van der Waals surface area contributed by atoms with Gasteiger partial charge in [0, 0.05) is 19.3 Å². The highest BCUT2D eigenvalue weighted by Gasteiger charge is 2.13. The van der Waals surface area contributed by atoms with Gasteiger partial charge in [-0.1, -0.05) is 6.08 Å². The van der Waals surface area contributed by atoms with Crippen molar-refractivity contribution in [3.05, 3.63) is 41.5 Å². The van der Waals surface area contributed by atoms with Gasteiger partial charge in [0.05, 0.1) is 5.56 Å². The average molecular weight is 262 g/mol. The number of hydrogen-bond acceptors (Lipinski definition) is 2. The highest BCUT2D eigenvalue weighted by molar-refractivity contribution is 5.94. The van der Waals surface area contributed by atoms with E-state index >= 15 is 0 Å². The lowest BCUT2D eigenvalue weighted by Gasteiger charge is -2.17. The molecule has 1 rings (SSSR count). The minimum Gasteiger partial charge on any atom is -0.478 e. The topological polar surface area (TPSA) is 69.6 Å². The molecule has 0 saturated heterocycles. The fourth-order valence-corrected chi connectivity index (χ4v) is 1.65. The number of carboxylic acid groups (broad SMARTS) is 1. The summed E-state index contributed by atoms with van der Waals surface area (Å²) in [5.41, 5.74) is 2.19. The molecule has 5 nitrogen and oxygen atoms in total. The molecule has 0 aliphatic rings. The van der Waals surface area contributed by atoms with Crippen molar-refractivity contribution in [3.63, 3.8) is 0 Å². The monoisotopic (exact) mass is 262 g/mol. The van der Waals surface area contributed by atoms with Crippen LogP contribution in [-0.2, 0) is 0 Å². The van der Waals surface area contributed by atoms with Crippen LogP contribution < -0.4 is 5.32 Å². The molecule has 0 atom stereocenters. The SMILES string of the molecule is C=CCN(C)C(=O)Nc1cc(C)c(C)c(C(=O)O)c1. The number of aromatic carboxylic acids is 1. The number of aryl methyl sites for hydroxylation is 1. The van der Waals surface area contributed by atoms with Crippen LogP contribution in [0.1, 0.15) is 21.5 Å². The first-order valence-corrected chi connectivity index (χ1v) is 5.84. The van der Waals surface area contributed by atoms with Gasteiger partial charge in [0.2, 0.25) is 0 Å². The zero-order valence-corrected chi connectivity index (χ0v) is 11.4. The third kappa shape index (κ3) is 3.58. The Morgan fingerprint density at radius 1 is 1.42 bits per heavy atom. The van der Waals surface area contributed by atoms with Crippen molar-refractivity contribution in [3.8, 4) is 0 Å². The zero-order valence-electron chi connectivity index (χ0n) is 11.4. The molecule has 19 heavy (non-hydrogen) atoms. The molecular weight excluding hydrogens is 244 g/mol. The van der Waals surface area contributed by atoms with Crippen LogP contribution in [-0.4, -0.2) is 35.6 Å². The fraction of sp³-hybridized carbons (Fsp3) is 0.286. The Morgan fingerprint density at radius 2 is 2.05 bits per heavy atom. The smallest absolute Gasteiger partial charge is 0.336 e. The summed E-state index contributed by atoms with van der Waals surface area (Å²) in [4.78, 5) is 24.4. The number of nitrogens with zero attached hydrogens (tertiary/aromatic N) is 1. The Balaban J connectivity index is 2.99. The molecule has 0 spiro atoms. The molecule has 1 aromatic carbocycles. The second kappa shape index (κ2) is 6.04. The van der Waals surface area contributed by atoms with E-state index in [0.29, 0.717) is 17.8 Å². The number of amides is 2. The van der Waals surface area contributed by atoms with Crippen LogP contribution in [0.2, 0.25) is 0 Å². The number of likely N-dealkylation sites (N-methyl/N-ethyl adjacent to an activating group) is 1. The van der Waals surface area contributed by atoms with E-state index in [9.17, 15) is 9.59 Å². The summed E-state index contributed by atoms with van der Waals surface area (Å²) >= 11 is 0. The Bertz CT molecular complexity index is 524. The van der Waals surface area contributed by atoms with E-state index in [1.807, 2.05) is 6.92 Å². The Morgan fingerprint density at radius 3 is 2.58 bits per heavy atom. The van der Waals surface area contributed by atoms with Gasteiger partial charge in [0.15, 0.2) is 0 Å². The maximum Gasteiger partial charge on any atom is 0.336 e. The summed E-state index contributed by atoms with van der Waals surface area (Å²) in [7, 11) is 1.64. The molecule has 0 aromatic heterocycles. The normalized spacial score (nSPS) is 9.84. The molecule has 0 aliphatic carbocycles. The summed E-state index contributed by atoms with van der Waals surface area (Å²) in [6, 6.07) is 2.91. The predicted molar refractivity (Wildman–Crippen MR) is 74.7 cm³/mol. The van der Waals surface area contributed by atoms with Gasteiger partial charge in [0.1, 0.15) is 0 Å². The van der Waals surface area contributed by atoms with Gasteiger partial charge in [0.25, 0.3) is 0 Å². The van der Waals surface area contributed by atoms with Crippen molar-refractivity contribution >= 4 is 17.7 Å². The van der Waals surface area contributed by atoms with Crippen LogP contribution in [0, 0.1) is 13.8 Å². The quantitative estimate of drug-likeness (QED) is 0.819. The molecule has 0 aliphatic heterocycles. The Hall–Kier alpha value is -2.30. The van der Waals surface area contributed by atoms with Gasteiger partial charge in [-0.05, 0) is 37.1 Å². The number of hydrogen-bond donors (Lipinski definition) is 2. The van der Waals surface area contributed by atoms with Crippen molar-refractivity contribution in [2.24, 2.45) is 0 Å². The summed E-state index contributed by atoms with van der Waals surface area (Å²) in [5.74, 6) is -1.00. The van der Waals surface area contributed by atoms with Gasteiger partial charge >= 0.3 is 12.0 Å². The number of benzene rings is 1. The fourth-order valence-electron chi connectivity index (χ4n) is 1.65. The molecule has 1 aromatic rings. The van der Waals surface area contributed by atoms with Crippen molar-refractivity contribution in [2.75, 3.05) is 18.9 Å². The van der Waals surface area contributed by atoms with Crippen molar-refractivity contribution in [1.29, 1.82) is 0 Å². The standard InChI is InChI=1S/C14H18N2O3/c1-5-6-16(4)14(19)15-11-7-9(2)10(3)12(8-11)13(17)18/h5,7-8H,1,6H2,2-4H3,(H,15,19)(H,17,18). The van der Waals surface area contributed by atoms with Gasteiger partial charge in [-0.3, -0.25) is 0 Å². The van der Waals surface area contributed by atoms with Crippen LogP contribution in [0.5, 0.6) is 0 Å². The molecule has 0 fully saturated rings. The third-order valence-electron chi connectivity index (χ3n) is 2.90. The van der Waals surface area contributed by atoms with Crippen LogP contribution >= 0.6 is 0 Å². The number of carbonyl (C=O) groups is 2. The average Bonchev–Trinajstić information content (AvgIpc) is 2.33. The molecule has 0 heterocycles. The lowest BCUT2D eigenvalue weighted by Crippen LogP contribution is -2.31. The lowest BCUT2D eigenvalue weighted by atomic mass is 10.0. The van der Waals surface area contributed by atoms with Crippen molar-refractivity contribution < 1.29 is 14.7 Å². The van der Waals surface area contributed by atoms with E-state index in [0.717, 1.165) is 5.56 Å². The maximum atomic E-state index is 11.8. The number of carboxylic acids is 1.